The highest BCUT2D eigenvalue weighted by atomic mass is 32.1. The van der Waals surface area contributed by atoms with Crippen molar-refractivity contribution < 1.29 is 0 Å². The van der Waals surface area contributed by atoms with Crippen molar-refractivity contribution in [1.82, 2.24) is 4.90 Å². The average Bonchev–Trinajstić information content (AvgIpc) is 2.68. The molecule has 2 N–H and O–H groups in total. The van der Waals surface area contributed by atoms with Gasteiger partial charge in [0.25, 0.3) is 0 Å². The molecule has 16 heavy (non-hydrogen) atoms. The quantitative estimate of drug-likeness (QED) is 0.877. The lowest BCUT2D eigenvalue weighted by Gasteiger charge is -2.36. The van der Waals surface area contributed by atoms with Gasteiger partial charge in [-0.25, -0.2) is 0 Å². The van der Waals surface area contributed by atoms with Gasteiger partial charge in [0.2, 0.25) is 0 Å². The fourth-order valence-corrected chi connectivity index (χ4v) is 3.53. The number of hydrogen-bond donors (Lipinski definition) is 1. The van der Waals surface area contributed by atoms with E-state index in [2.05, 4.69) is 36.3 Å². The first kappa shape index (κ1) is 12.1. The van der Waals surface area contributed by atoms with Crippen LogP contribution in [0.4, 0.5) is 0 Å². The van der Waals surface area contributed by atoms with Gasteiger partial charge in [0, 0.05) is 24.5 Å². The zero-order valence-corrected chi connectivity index (χ0v) is 11.0. The minimum atomic E-state index is 0.192. The number of rotatable bonds is 3. The zero-order chi connectivity index (χ0) is 11.5. The largest absolute Gasteiger partial charge is 0.322 e. The van der Waals surface area contributed by atoms with Gasteiger partial charge in [-0.2, -0.15) is 0 Å². The van der Waals surface area contributed by atoms with E-state index in [0.717, 1.165) is 18.4 Å². The van der Waals surface area contributed by atoms with Gasteiger partial charge in [-0.05, 0) is 29.7 Å². The smallest absolute Gasteiger partial charge is 0.0519 e. The summed E-state index contributed by atoms with van der Waals surface area (Å²) in [6, 6.07) is 4.42. The van der Waals surface area contributed by atoms with E-state index in [1.807, 2.05) is 0 Å². The lowest BCUT2D eigenvalue weighted by molar-refractivity contribution is 0.134. The van der Waals surface area contributed by atoms with E-state index in [1.165, 1.54) is 24.4 Å². The van der Waals surface area contributed by atoms with Crippen molar-refractivity contribution in [2.45, 2.75) is 26.3 Å². The third-order valence-electron chi connectivity index (χ3n) is 3.31. The molecule has 2 rings (SSSR count). The molecular formula is C13H22N2S. The molecule has 0 radical (unpaired) electrons. The topological polar surface area (TPSA) is 29.3 Å². The molecule has 1 saturated heterocycles. The molecule has 0 aliphatic carbocycles. The van der Waals surface area contributed by atoms with Crippen LogP contribution in [-0.2, 0) is 0 Å². The monoisotopic (exact) mass is 238 g/mol. The Balaban J connectivity index is 1.89. The molecule has 1 aromatic heterocycles. The lowest BCUT2D eigenvalue weighted by Crippen LogP contribution is -2.42. The Morgan fingerprint density at radius 3 is 2.69 bits per heavy atom. The molecule has 3 atom stereocenters. The van der Waals surface area contributed by atoms with E-state index in [1.54, 1.807) is 11.3 Å². The number of nitrogens with two attached hydrogens (primary N) is 1. The molecule has 0 spiro atoms. The summed E-state index contributed by atoms with van der Waals surface area (Å²) in [6.07, 6.45) is 1.37. The normalized spacial score (nSPS) is 29.2. The van der Waals surface area contributed by atoms with Gasteiger partial charge in [-0.15, -0.1) is 11.3 Å². The predicted molar refractivity (Wildman–Crippen MR) is 70.6 cm³/mol. The Morgan fingerprint density at radius 1 is 1.44 bits per heavy atom. The van der Waals surface area contributed by atoms with Crippen LogP contribution in [0.1, 0.15) is 31.2 Å². The van der Waals surface area contributed by atoms with Crippen molar-refractivity contribution in [3.63, 3.8) is 0 Å². The van der Waals surface area contributed by atoms with Crippen LogP contribution in [0.15, 0.2) is 17.5 Å². The number of nitrogens with zero attached hydrogens (tertiary/aromatic N) is 1. The third kappa shape index (κ3) is 3.06. The molecule has 1 aliphatic rings. The Kier molecular flexibility index (Phi) is 4.00. The first-order chi connectivity index (χ1) is 7.65. The minimum absolute atomic E-state index is 0.192. The summed E-state index contributed by atoms with van der Waals surface area (Å²) in [7, 11) is 0. The highest BCUT2D eigenvalue weighted by Crippen LogP contribution is 2.24. The first-order valence-corrected chi connectivity index (χ1v) is 7.04. The molecule has 1 aromatic rings. The van der Waals surface area contributed by atoms with E-state index >= 15 is 0 Å². The first-order valence-electron chi connectivity index (χ1n) is 6.16. The summed E-state index contributed by atoms with van der Waals surface area (Å²) in [5, 5.41) is 2.11. The van der Waals surface area contributed by atoms with Gasteiger partial charge in [0.1, 0.15) is 0 Å². The van der Waals surface area contributed by atoms with Crippen LogP contribution in [0.2, 0.25) is 0 Å². The van der Waals surface area contributed by atoms with Crippen LogP contribution in [0.5, 0.6) is 0 Å². The van der Waals surface area contributed by atoms with Crippen LogP contribution in [-0.4, -0.2) is 24.5 Å². The Morgan fingerprint density at radius 2 is 2.12 bits per heavy atom. The number of thiophene rings is 1. The second kappa shape index (κ2) is 5.30. The molecule has 3 unspecified atom stereocenters. The van der Waals surface area contributed by atoms with Crippen LogP contribution < -0.4 is 5.73 Å². The molecule has 90 valence electrons. The molecule has 0 amide bonds. The van der Waals surface area contributed by atoms with Crippen LogP contribution in [0.3, 0.4) is 0 Å². The minimum Gasteiger partial charge on any atom is -0.322 e. The maximum Gasteiger partial charge on any atom is 0.0519 e. The van der Waals surface area contributed by atoms with Gasteiger partial charge >= 0.3 is 0 Å². The number of likely N-dealkylation sites (tertiary alicyclic amines) is 1. The van der Waals surface area contributed by atoms with E-state index in [9.17, 15) is 0 Å². The standard InChI is InChI=1S/C13H22N2S/c1-10-6-11(2)8-15(7-10)9-12(14)13-4-3-5-16-13/h3-5,10-12H,6-9,14H2,1-2H3. The number of hydrogen-bond acceptors (Lipinski definition) is 3. The molecular weight excluding hydrogens is 216 g/mol. The zero-order valence-electron chi connectivity index (χ0n) is 10.2. The van der Waals surface area contributed by atoms with Crippen LogP contribution in [0, 0.1) is 11.8 Å². The SMILES string of the molecule is CC1CC(C)CN(CC(N)c2cccs2)C1. The second-order valence-electron chi connectivity index (χ2n) is 5.29. The third-order valence-corrected chi connectivity index (χ3v) is 4.31. The number of piperidine rings is 1. The van der Waals surface area contributed by atoms with Crippen LogP contribution >= 0.6 is 11.3 Å². The van der Waals surface area contributed by atoms with E-state index < -0.39 is 0 Å². The molecule has 0 saturated carbocycles. The van der Waals surface area contributed by atoms with Crippen molar-refractivity contribution in [3.05, 3.63) is 22.4 Å². The highest BCUT2D eigenvalue weighted by molar-refractivity contribution is 7.10. The van der Waals surface area contributed by atoms with Crippen molar-refractivity contribution in [2.75, 3.05) is 19.6 Å². The summed E-state index contributed by atoms with van der Waals surface area (Å²) in [5.74, 6) is 1.64. The second-order valence-corrected chi connectivity index (χ2v) is 6.27. The molecule has 0 bridgehead atoms. The van der Waals surface area contributed by atoms with E-state index in [-0.39, 0.29) is 6.04 Å². The van der Waals surface area contributed by atoms with Gasteiger partial charge in [0.15, 0.2) is 0 Å². The highest BCUT2D eigenvalue weighted by Gasteiger charge is 2.23. The van der Waals surface area contributed by atoms with E-state index in [4.69, 9.17) is 5.73 Å². The van der Waals surface area contributed by atoms with Crippen molar-refractivity contribution >= 4 is 11.3 Å². The average molecular weight is 238 g/mol. The summed E-state index contributed by atoms with van der Waals surface area (Å²) >= 11 is 1.77. The van der Waals surface area contributed by atoms with Gasteiger partial charge < -0.3 is 10.6 Å². The Hall–Kier alpha value is -0.380. The van der Waals surface area contributed by atoms with Gasteiger partial charge in [-0.3, -0.25) is 0 Å². The van der Waals surface area contributed by atoms with E-state index in [0.29, 0.717) is 0 Å². The van der Waals surface area contributed by atoms with Crippen molar-refractivity contribution in [1.29, 1.82) is 0 Å². The summed E-state index contributed by atoms with van der Waals surface area (Å²) in [5.41, 5.74) is 6.23. The molecule has 2 heterocycles. The summed E-state index contributed by atoms with van der Waals surface area (Å²) < 4.78 is 0. The van der Waals surface area contributed by atoms with Gasteiger partial charge in [-0.1, -0.05) is 19.9 Å². The lowest BCUT2D eigenvalue weighted by atomic mass is 9.91. The van der Waals surface area contributed by atoms with Crippen LogP contribution in [0.25, 0.3) is 0 Å². The molecule has 1 aliphatic heterocycles. The van der Waals surface area contributed by atoms with Gasteiger partial charge in [0.05, 0.1) is 6.04 Å². The molecule has 3 heteroatoms. The maximum atomic E-state index is 6.23. The Bertz CT molecular complexity index is 300. The van der Waals surface area contributed by atoms with Crippen molar-refractivity contribution in [2.24, 2.45) is 17.6 Å². The Labute approximate surface area is 102 Å². The fourth-order valence-electron chi connectivity index (χ4n) is 2.81. The molecule has 2 nitrogen and oxygen atoms in total. The summed E-state index contributed by atoms with van der Waals surface area (Å²) in [6.45, 7) is 8.13. The molecule has 1 fully saturated rings. The molecule has 0 aromatic carbocycles. The maximum absolute atomic E-state index is 6.23. The predicted octanol–water partition coefficient (Wildman–Crippen LogP) is 2.73. The fraction of sp³-hybridized carbons (Fsp3) is 0.692. The van der Waals surface area contributed by atoms with Crippen molar-refractivity contribution in [3.8, 4) is 0 Å². The summed E-state index contributed by atoms with van der Waals surface area (Å²) in [4.78, 5) is 3.84.